The average molecular weight is 238 g/mol. The minimum Gasteiger partial charge on any atom is -0.298 e. The molecule has 0 radical (unpaired) electrons. The molecule has 0 bridgehead atoms. The maximum atomic E-state index is 13.3. The van der Waals surface area contributed by atoms with Crippen LogP contribution in [-0.2, 0) is 4.79 Å². The molecule has 4 heteroatoms. The Morgan fingerprint density at radius 3 is 2.88 bits per heavy atom. The van der Waals surface area contributed by atoms with Crippen LogP contribution in [-0.4, -0.2) is 17.2 Å². The van der Waals surface area contributed by atoms with Crippen molar-refractivity contribution in [2.75, 3.05) is 5.75 Å². The third-order valence-electron chi connectivity index (χ3n) is 1.84. The van der Waals surface area contributed by atoms with E-state index in [-0.39, 0.29) is 10.9 Å². The van der Waals surface area contributed by atoms with Gasteiger partial charge in [-0.05, 0) is 18.2 Å². The Balaban J connectivity index is 2.71. The fourth-order valence-corrected chi connectivity index (χ4v) is 1.53. The van der Waals surface area contributed by atoms with Crippen molar-refractivity contribution in [1.82, 2.24) is 0 Å². The van der Waals surface area contributed by atoms with Crippen molar-refractivity contribution in [3.05, 3.63) is 41.2 Å². The van der Waals surface area contributed by atoms with Gasteiger partial charge in [-0.1, -0.05) is 23.9 Å². The predicted octanol–water partition coefficient (Wildman–Crippen LogP) is 2.93. The molecule has 0 saturated carbocycles. The molecule has 1 rings (SSSR count). The van der Waals surface area contributed by atoms with E-state index in [4.69, 9.17) is 0 Å². The van der Waals surface area contributed by atoms with Gasteiger partial charge < -0.3 is 0 Å². The van der Waals surface area contributed by atoms with E-state index in [1.165, 1.54) is 25.1 Å². The molecule has 1 aromatic carbocycles. The topological polar surface area (TPSA) is 34.1 Å². The van der Waals surface area contributed by atoms with Crippen LogP contribution >= 0.6 is 11.8 Å². The number of halogens is 1. The highest BCUT2D eigenvalue weighted by atomic mass is 32.2. The molecule has 0 unspecified atom stereocenters. The number of benzene rings is 1. The van der Waals surface area contributed by atoms with Crippen molar-refractivity contribution in [3.63, 3.8) is 0 Å². The van der Waals surface area contributed by atoms with Crippen LogP contribution in [0.2, 0.25) is 0 Å². The van der Waals surface area contributed by atoms with E-state index in [0.29, 0.717) is 23.2 Å². The number of thioether (sulfide) groups is 1. The molecule has 0 amide bonds. The quantitative estimate of drug-likeness (QED) is 0.756. The highest BCUT2D eigenvalue weighted by Crippen LogP contribution is 2.12. The van der Waals surface area contributed by atoms with Gasteiger partial charge in [-0.2, -0.15) is 0 Å². The first kappa shape index (κ1) is 12.6. The highest BCUT2D eigenvalue weighted by Gasteiger charge is 1.99. The Morgan fingerprint density at radius 1 is 1.50 bits per heavy atom. The summed E-state index contributed by atoms with van der Waals surface area (Å²) in [7, 11) is 0. The number of hydrogen-bond acceptors (Lipinski definition) is 3. The summed E-state index contributed by atoms with van der Waals surface area (Å²) in [6.45, 7) is 1.48. The molecule has 2 nitrogen and oxygen atoms in total. The molecule has 16 heavy (non-hydrogen) atoms. The molecule has 0 aliphatic carbocycles. The van der Waals surface area contributed by atoms with Gasteiger partial charge in [-0.3, -0.25) is 9.59 Å². The van der Waals surface area contributed by atoms with Crippen LogP contribution in [0.3, 0.4) is 0 Å². The van der Waals surface area contributed by atoms with Crippen LogP contribution in [0.1, 0.15) is 22.8 Å². The molecule has 0 aromatic heterocycles. The molecule has 1 aromatic rings. The average Bonchev–Trinajstić information content (AvgIpc) is 2.26. The van der Waals surface area contributed by atoms with Crippen LogP contribution in [0.15, 0.2) is 24.3 Å². The first-order valence-electron chi connectivity index (χ1n) is 4.68. The van der Waals surface area contributed by atoms with Gasteiger partial charge in [0.25, 0.3) is 0 Å². The second kappa shape index (κ2) is 6.23. The Kier molecular flexibility index (Phi) is 4.92. The minimum absolute atomic E-state index is 0.0202. The summed E-state index contributed by atoms with van der Waals surface area (Å²) in [6, 6.07) is 4.14. The highest BCUT2D eigenvalue weighted by molar-refractivity contribution is 8.13. The standard InChI is InChI=1S/C12H11FO2S/c1-9(15)16-6-2-3-11-7-10(8-14)4-5-12(11)13/h2-5,7-8H,6H2,1H3. The van der Waals surface area contributed by atoms with Gasteiger partial charge >= 0.3 is 0 Å². The molecule has 0 aliphatic rings. The number of aldehydes is 1. The predicted molar refractivity (Wildman–Crippen MR) is 64.0 cm³/mol. The first-order valence-corrected chi connectivity index (χ1v) is 5.66. The number of hydrogen-bond donors (Lipinski definition) is 0. The van der Waals surface area contributed by atoms with Crippen molar-refractivity contribution >= 4 is 29.2 Å². The summed E-state index contributed by atoms with van der Waals surface area (Å²) in [5.41, 5.74) is 0.786. The van der Waals surface area contributed by atoms with Gasteiger partial charge in [0, 0.05) is 23.8 Å². The Hall–Kier alpha value is -1.42. The summed E-state index contributed by atoms with van der Waals surface area (Å²) >= 11 is 1.15. The molecule has 0 heterocycles. The summed E-state index contributed by atoms with van der Waals surface area (Å²) in [5, 5.41) is 0.0202. The lowest BCUT2D eigenvalue weighted by atomic mass is 10.1. The van der Waals surface area contributed by atoms with Gasteiger partial charge in [0.2, 0.25) is 0 Å². The summed E-state index contributed by atoms with van der Waals surface area (Å²) in [6.07, 6.45) is 3.93. The van der Waals surface area contributed by atoms with Gasteiger partial charge in [0.1, 0.15) is 12.1 Å². The van der Waals surface area contributed by atoms with Crippen molar-refractivity contribution < 1.29 is 14.0 Å². The zero-order valence-electron chi connectivity index (χ0n) is 8.77. The minimum atomic E-state index is -0.380. The van der Waals surface area contributed by atoms with Gasteiger partial charge in [-0.15, -0.1) is 0 Å². The smallest absolute Gasteiger partial charge is 0.186 e. The van der Waals surface area contributed by atoms with Crippen LogP contribution in [0.4, 0.5) is 4.39 Å². The van der Waals surface area contributed by atoms with Crippen LogP contribution < -0.4 is 0 Å². The van der Waals surface area contributed by atoms with E-state index in [0.717, 1.165) is 11.8 Å². The fourth-order valence-electron chi connectivity index (χ4n) is 1.10. The zero-order valence-corrected chi connectivity index (χ0v) is 9.59. The second-order valence-electron chi connectivity index (χ2n) is 3.10. The maximum absolute atomic E-state index is 13.3. The number of rotatable bonds is 4. The molecular weight excluding hydrogens is 227 g/mol. The molecular formula is C12H11FO2S. The van der Waals surface area contributed by atoms with Crippen LogP contribution in [0.5, 0.6) is 0 Å². The molecule has 0 aliphatic heterocycles. The van der Waals surface area contributed by atoms with E-state index in [9.17, 15) is 14.0 Å². The van der Waals surface area contributed by atoms with Crippen molar-refractivity contribution in [2.24, 2.45) is 0 Å². The summed E-state index contributed by atoms with van der Waals surface area (Å²) in [4.78, 5) is 21.1. The molecule has 0 spiro atoms. The molecule has 0 N–H and O–H groups in total. The molecule has 0 atom stereocenters. The third kappa shape index (κ3) is 3.98. The van der Waals surface area contributed by atoms with E-state index < -0.39 is 0 Å². The van der Waals surface area contributed by atoms with Crippen molar-refractivity contribution in [1.29, 1.82) is 0 Å². The number of carbonyl (C=O) groups is 2. The Morgan fingerprint density at radius 2 is 2.25 bits per heavy atom. The normalized spacial score (nSPS) is 10.6. The van der Waals surface area contributed by atoms with Crippen molar-refractivity contribution in [3.8, 4) is 0 Å². The first-order chi connectivity index (χ1) is 7.63. The van der Waals surface area contributed by atoms with E-state index >= 15 is 0 Å². The summed E-state index contributed by atoms with van der Waals surface area (Å²) in [5.74, 6) is 0.120. The van der Waals surface area contributed by atoms with Crippen LogP contribution in [0.25, 0.3) is 6.08 Å². The molecule has 0 saturated heterocycles. The Bertz CT molecular complexity index is 427. The summed E-state index contributed by atoms with van der Waals surface area (Å²) < 4.78 is 13.3. The maximum Gasteiger partial charge on any atom is 0.186 e. The Labute approximate surface area is 97.5 Å². The van der Waals surface area contributed by atoms with E-state index in [1.807, 2.05) is 0 Å². The van der Waals surface area contributed by atoms with Gasteiger partial charge in [-0.25, -0.2) is 4.39 Å². The van der Waals surface area contributed by atoms with Gasteiger partial charge in [0.15, 0.2) is 5.12 Å². The molecule has 0 fully saturated rings. The second-order valence-corrected chi connectivity index (χ2v) is 4.30. The lowest BCUT2D eigenvalue weighted by Gasteiger charge is -1.97. The lowest BCUT2D eigenvalue weighted by molar-refractivity contribution is -0.109. The van der Waals surface area contributed by atoms with Crippen LogP contribution in [0, 0.1) is 5.82 Å². The lowest BCUT2D eigenvalue weighted by Crippen LogP contribution is -1.87. The van der Waals surface area contributed by atoms with E-state index in [2.05, 4.69) is 0 Å². The number of carbonyl (C=O) groups excluding carboxylic acids is 2. The largest absolute Gasteiger partial charge is 0.298 e. The van der Waals surface area contributed by atoms with E-state index in [1.54, 1.807) is 12.2 Å². The SMILES string of the molecule is CC(=O)SCC=Cc1cc(C=O)ccc1F. The zero-order chi connectivity index (χ0) is 12.0. The van der Waals surface area contributed by atoms with Crippen molar-refractivity contribution in [2.45, 2.75) is 6.92 Å². The third-order valence-corrected chi connectivity index (χ3v) is 2.60. The fraction of sp³-hybridized carbons (Fsp3) is 0.167. The monoisotopic (exact) mass is 238 g/mol. The van der Waals surface area contributed by atoms with Gasteiger partial charge in [0.05, 0.1) is 0 Å². The molecule has 84 valence electrons.